The summed E-state index contributed by atoms with van der Waals surface area (Å²) in [5.74, 6) is -0.791. The molecule has 0 aliphatic heterocycles. The van der Waals surface area contributed by atoms with Crippen molar-refractivity contribution in [1.29, 1.82) is 0 Å². The van der Waals surface area contributed by atoms with E-state index in [9.17, 15) is 20.0 Å². The van der Waals surface area contributed by atoms with Crippen molar-refractivity contribution in [3.8, 4) is 17.2 Å². The van der Waals surface area contributed by atoms with Gasteiger partial charge < -0.3 is 14.6 Å². The van der Waals surface area contributed by atoms with E-state index in [1.807, 2.05) is 30.3 Å². The van der Waals surface area contributed by atoms with Crippen LogP contribution in [0.25, 0.3) is 0 Å². The van der Waals surface area contributed by atoms with Crippen LogP contribution in [0.15, 0.2) is 71.8 Å². The zero-order chi connectivity index (χ0) is 22.2. The summed E-state index contributed by atoms with van der Waals surface area (Å²) in [6, 6.07) is 18.7. The van der Waals surface area contributed by atoms with Crippen molar-refractivity contribution in [2.75, 3.05) is 7.11 Å². The number of amides is 1. The number of nitro benzene ring substituents is 1. The quantitative estimate of drug-likeness (QED) is 0.325. The van der Waals surface area contributed by atoms with E-state index < -0.39 is 22.3 Å². The minimum Gasteiger partial charge on any atom is -0.500 e. The fourth-order valence-corrected chi connectivity index (χ4v) is 2.72. The summed E-state index contributed by atoms with van der Waals surface area (Å²) in [6.07, 6.45) is 1.21. The third-order valence-electron chi connectivity index (χ3n) is 4.24. The lowest BCUT2D eigenvalue weighted by atomic mass is 10.2. The fourth-order valence-electron chi connectivity index (χ4n) is 2.72. The van der Waals surface area contributed by atoms with Crippen molar-refractivity contribution in [2.45, 2.75) is 6.61 Å². The zero-order valence-electron chi connectivity index (χ0n) is 16.5. The molecule has 3 aromatic carbocycles. The van der Waals surface area contributed by atoms with Gasteiger partial charge in [-0.15, -0.1) is 0 Å². The molecule has 9 nitrogen and oxygen atoms in total. The van der Waals surface area contributed by atoms with Crippen molar-refractivity contribution in [3.63, 3.8) is 0 Å². The maximum Gasteiger partial charge on any atom is 0.315 e. The average Bonchev–Trinajstić information content (AvgIpc) is 2.79. The van der Waals surface area contributed by atoms with E-state index in [1.54, 1.807) is 24.3 Å². The van der Waals surface area contributed by atoms with Crippen LogP contribution in [0.3, 0.4) is 0 Å². The van der Waals surface area contributed by atoms with Crippen LogP contribution >= 0.6 is 0 Å². The summed E-state index contributed by atoms with van der Waals surface area (Å²) in [5.41, 5.74) is 3.33. The van der Waals surface area contributed by atoms with E-state index >= 15 is 0 Å². The van der Waals surface area contributed by atoms with E-state index in [2.05, 4.69) is 10.5 Å². The summed E-state index contributed by atoms with van der Waals surface area (Å²) in [6.45, 7) is 0.297. The molecule has 1 amide bonds. The number of para-hydroxylation sites is 1. The van der Waals surface area contributed by atoms with Gasteiger partial charge in [0, 0.05) is 11.6 Å². The lowest BCUT2D eigenvalue weighted by molar-refractivity contribution is -0.386. The zero-order valence-corrected chi connectivity index (χ0v) is 16.5. The molecule has 3 aromatic rings. The average molecular weight is 421 g/mol. The Morgan fingerprint density at radius 3 is 2.55 bits per heavy atom. The Bertz CT molecular complexity index is 1120. The number of nitrogens with one attached hydrogen (secondary N) is 1. The van der Waals surface area contributed by atoms with Gasteiger partial charge in [-0.25, -0.2) is 5.43 Å². The van der Waals surface area contributed by atoms with Gasteiger partial charge in [0.15, 0.2) is 5.75 Å². The van der Waals surface area contributed by atoms with Crippen LogP contribution in [0, 0.1) is 10.1 Å². The van der Waals surface area contributed by atoms with Gasteiger partial charge in [0.1, 0.15) is 12.4 Å². The first-order valence-corrected chi connectivity index (χ1v) is 9.14. The lowest BCUT2D eigenvalue weighted by Gasteiger charge is -2.10. The molecule has 0 unspecified atom stereocenters. The second-order valence-electron chi connectivity index (χ2n) is 6.32. The summed E-state index contributed by atoms with van der Waals surface area (Å²) in [5, 5.41) is 24.7. The van der Waals surface area contributed by atoms with Gasteiger partial charge in [-0.05, 0) is 23.8 Å². The Balaban J connectivity index is 1.72. The van der Waals surface area contributed by atoms with Gasteiger partial charge in [0.05, 0.1) is 23.8 Å². The number of hydrazone groups is 1. The Hall–Kier alpha value is -4.40. The monoisotopic (exact) mass is 421 g/mol. The highest BCUT2D eigenvalue weighted by Gasteiger charge is 2.19. The molecule has 9 heteroatoms. The van der Waals surface area contributed by atoms with Gasteiger partial charge in [0.25, 0.3) is 5.91 Å². The number of benzene rings is 3. The molecule has 0 fully saturated rings. The van der Waals surface area contributed by atoms with Crippen molar-refractivity contribution in [3.05, 3.63) is 93.5 Å². The van der Waals surface area contributed by atoms with Crippen molar-refractivity contribution in [1.82, 2.24) is 5.43 Å². The van der Waals surface area contributed by atoms with E-state index in [0.29, 0.717) is 12.4 Å². The van der Waals surface area contributed by atoms with Crippen LogP contribution < -0.4 is 14.9 Å². The van der Waals surface area contributed by atoms with Crippen LogP contribution in [-0.4, -0.2) is 29.3 Å². The van der Waals surface area contributed by atoms with Gasteiger partial charge in [-0.2, -0.15) is 5.10 Å². The highest BCUT2D eigenvalue weighted by atomic mass is 16.6. The molecule has 0 aliphatic rings. The van der Waals surface area contributed by atoms with Crippen LogP contribution in [-0.2, 0) is 6.61 Å². The molecule has 31 heavy (non-hydrogen) atoms. The Labute approximate surface area is 177 Å². The molecular weight excluding hydrogens is 402 g/mol. The molecule has 0 saturated carbocycles. The van der Waals surface area contributed by atoms with Gasteiger partial charge in [-0.1, -0.05) is 42.5 Å². The predicted octanol–water partition coefficient (Wildman–Crippen LogP) is 3.65. The van der Waals surface area contributed by atoms with Crippen molar-refractivity contribution >= 4 is 17.8 Å². The number of methoxy groups -OCH3 is 1. The summed E-state index contributed by atoms with van der Waals surface area (Å²) >= 11 is 0. The third kappa shape index (κ3) is 5.36. The first-order chi connectivity index (χ1) is 15.0. The number of carbonyl (C=O) groups excluding carboxylic acids is 1. The lowest BCUT2D eigenvalue weighted by Crippen LogP contribution is -2.18. The highest BCUT2D eigenvalue weighted by molar-refractivity contribution is 5.97. The smallest absolute Gasteiger partial charge is 0.315 e. The number of nitro groups is 1. The number of carbonyl (C=O) groups is 1. The highest BCUT2D eigenvalue weighted by Crippen LogP contribution is 2.36. The molecule has 0 bridgehead atoms. The summed E-state index contributed by atoms with van der Waals surface area (Å²) in [7, 11) is 1.27. The number of hydrogen-bond acceptors (Lipinski definition) is 7. The maximum absolute atomic E-state index is 12.5. The van der Waals surface area contributed by atoms with Crippen LogP contribution in [0.2, 0.25) is 0 Å². The second kappa shape index (κ2) is 9.88. The molecule has 0 saturated heterocycles. The first-order valence-electron chi connectivity index (χ1n) is 9.14. The summed E-state index contributed by atoms with van der Waals surface area (Å²) in [4.78, 5) is 22.9. The molecule has 3 rings (SSSR count). The van der Waals surface area contributed by atoms with E-state index in [1.165, 1.54) is 19.4 Å². The molecule has 0 atom stereocenters. The van der Waals surface area contributed by atoms with Crippen molar-refractivity contribution in [2.24, 2.45) is 5.10 Å². The number of nitrogens with zero attached hydrogens (tertiary/aromatic N) is 2. The number of ether oxygens (including phenoxy) is 2. The molecule has 0 spiro atoms. The van der Waals surface area contributed by atoms with Crippen LogP contribution in [0.1, 0.15) is 21.5 Å². The Morgan fingerprint density at radius 2 is 1.84 bits per heavy atom. The predicted molar refractivity (Wildman–Crippen MR) is 114 cm³/mol. The summed E-state index contributed by atoms with van der Waals surface area (Å²) < 4.78 is 10.7. The maximum atomic E-state index is 12.5. The number of aromatic hydroxyl groups is 1. The minimum absolute atomic E-state index is 0.0818. The van der Waals surface area contributed by atoms with Gasteiger partial charge in [0.2, 0.25) is 5.75 Å². The molecule has 0 radical (unpaired) electrons. The first kappa shape index (κ1) is 21.3. The number of phenolic OH excluding ortho intramolecular Hbond substituents is 1. The minimum atomic E-state index is -0.742. The number of phenols is 1. The Morgan fingerprint density at radius 1 is 1.13 bits per heavy atom. The molecule has 158 valence electrons. The van der Waals surface area contributed by atoms with Gasteiger partial charge >= 0.3 is 5.69 Å². The SMILES string of the molecule is COc1cc(/C=N/NC(=O)c2ccccc2OCc2ccccc2)cc([N+](=O)[O-])c1O. The fraction of sp³-hybridized carbons (Fsp3) is 0.0909. The number of hydrogen-bond donors (Lipinski definition) is 2. The topological polar surface area (TPSA) is 123 Å². The molecule has 0 aromatic heterocycles. The normalized spacial score (nSPS) is 10.6. The van der Waals surface area contributed by atoms with E-state index in [4.69, 9.17) is 9.47 Å². The van der Waals surface area contributed by atoms with Crippen LogP contribution in [0.4, 0.5) is 5.69 Å². The molecule has 2 N–H and O–H groups in total. The third-order valence-corrected chi connectivity index (χ3v) is 4.24. The van der Waals surface area contributed by atoms with E-state index in [-0.39, 0.29) is 16.9 Å². The molecule has 0 heterocycles. The second-order valence-corrected chi connectivity index (χ2v) is 6.32. The van der Waals surface area contributed by atoms with Gasteiger partial charge in [-0.3, -0.25) is 14.9 Å². The number of rotatable bonds is 8. The van der Waals surface area contributed by atoms with Crippen LogP contribution in [0.5, 0.6) is 17.2 Å². The standard InChI is InChI=1S/C22H19N3O6/c1-30-20-12-16(11-18(21(20)26)25(28)29)13-23-24-22(27)17-9-5-6-10-19(17)31-14-15-7-3-2-4-8-15/h2-13,26H,14H2,1H3,(H,24,27)/b23-13+. The molecule has 0 aliphatic carbocycles. The van der Waals surface area contributed by atoms with E-state index in [0.717, 1.165) is 11.6 Å². The Kier molecular flexibility index (Phi) is 6.79. The van der Waals surface area contributed by atoms with Crippen molar-refractivity contribution < 1.29 is 24.3 Å². The molecular formula is C22H19N3O6. The largest absolute Gasteiger partial charge is 0.500 e.